The van der Waals surface area contributed by atoms with Gasteiger partial charge in [-0.2, -0.15) is 0 Å². The summed E-state index contributed by atoms with van der Waals surface area (Å²) in [6.45, 7) is 11.4. The van der Waals surface area contributed by atoms with Gasteiger partial charge in [-0.1, -0.05) is 110 Å². The number of esters is 2. The standard InChI is InChI=1S/C28H34O8.2CHCl3/c1-14(29)34-20-12-16-24(2,3)18(30)7-9-25(16,4)17-11-19(31)27(6)21(15-8-10-33-13-15)35-23(32)22-28(27,36-22)26(17,20)5;2*2-1(3)4/h7-10,13,16-17,19-22,31H,11-12H2,1-6H3;2*1H/t16-,17+,19+,20+,21-,22+,25-,26-,27-,28-;;/m0../s1. The van der Waals surface area contributed by atoms with Crippen LogP contribution in [0.2, 0.25) is 0 Å². The molecule has 1 spiro atoms. The number of carbonyl (C=O) groups is 3. The third kappa shape index (κ3) is 5.41. The molecule has 0 radical (unpaired) electrons. The molecule has 2 saturated heterocycles. The number of epoxide rings is 1. The first-order valence-electron chi connectivity index (χ1n) is 14.1. The van der Waals surface area contributed by atoms with Crippen molar-refractivity contribution in [1.82, 2.24) is 0 Å². The summed E-state index contributed by atoms with van der Waals surface area (Å²) in [7, 11) is 0. The van der Waals surface area contributed by atoms with Gasteiger partial charge in [-0.15, -0.1) is 0 Å². The molecule has 8 nitrogen and oxygen atoms in total. The molecule has 0 aromatic carbocycles. The smallest absolute Gasteiger partial charge is 0.339 e. The van der Waals surface area contributed by atoms with Crippen molar-refractivity contribution >= 4 is 87.3 Å². The lowest BCUT2D eigenvalue weighted by Crippen LogP contribution is -2.75. The molecule has 4 fully saturated rings. The van der Waals surface area contributed by atoms with Crippen LogP contribution in [0.15, 0.2) is 35.2 Å². The summed E-state index contributed by atoms with van der Waals surface area (Å²) in [5, 5.41) is 11.9. The van der Waals surface area contributed by atoms with Gasteiger partial charge in [0.15, 0.2) is 20.5 Å². The van der Waals surface area contributed by atoms with Gasteiger partial charge < -0.3 is 23.7 Å². The molecule has 0 bridgehead atoms. The van der Waals surface area contributed by atoms with Gasteiger partial charge in [-0.25, -0.2) is 4.79 Å². The van der Waals surface area contributed by atoms with Crippen LogP contribution in [-0.4, -0.2) is 55.3 Å². The summed E-state index contributed by atoms with van der Waals surface area (Å²) in [6, 6.07) is 1.74. The predicted molar refractivity (Wildman–Crippen MR) is 168 cm³/mol. The van der Waals surface area contributed by atoms with E-state index in [1.165, 1.54) is 19.5 Å². The van der Waals surface area contributed by atoms with E-state index < -0.39 is 72.2 Å². The average molecular weight is 737 g/mol. The summed E-state index contributed by atoms with van der Waals surface area (Å²) in [5.41, 5.74) is -3.53. The summed E-state index contributed by atoms with van der Waals surface area (Å²) in [6.07, 6.45) is 4.32. The minimum absolute atomic E-state index is 0.0383. The highest BCUT2D eigenvalue weighted by Crippen LogP contribution is 2.79. The summed E-state index contributed by atoms with van der Waals surface area (Å²) in [4.78, 5) is 38.7. The fourth-order valence-electron chi connectivity index (χ4n) is 9.13. The van der Waals surface area contributed by atoms with E-state index in [1.54, 1.807) is 12.1 Å². The van der Waals surface area contributed by atoms with Crippen LogP contribution in [0.3, 0.4) is 0 Å². The van der Waals surface area contributed by atoms with E-state index in [-0.39, 0.29) is 17.6 Å². The zero-order valence-electron chi connectivity index (χ0n) is 25.0. The van der Waals surface area contributed by atoms with E-state index >= 15 is 0 Å². The zero-order chi connectivity index (χ0) is 33.2. The Hall–Kier alpha value is -0.710. The number of fused-ring (bicyclic) bond motifs is 3. The molecule has 14 heteroatoms. The number of ketones is 1. The number of rotatable bonds is 2. The number of alkyl halides is 6. The highest BCUT2D eigenvalue weighted by molar-refractivity contribution is 6.63. The molecular formula is C30H36Cl6O8. The molecule has 1 aromatic rings. The van der Waals surface area contributed by atoms with Crippen molar-refractivity contribution in [3.05, 3.63) is 36.3 Å². The van der Waals surface area contributed by atoms with E-state index in [9.17, 15) is 19.5 Å². The van der Waals surface area contributed by atoms with Crippen LogP contribution in [0.1, 0.15) is 66.1 Å². The monoisotopic (exact) mass is 734 g/mol. The molecule has 10 atom stereocenters. The summed E-state index contributed by atoms with van der Waals surface area (Å²) < 4.78 is 22.2. The first-order chi connectivity index (χ1) is 20.2. The number of furan rings is 1. The number of aliphatic hydroxyl groups excluding tert-OH is 1. The lowest BCUT2D eigenvalue weighted by atomic mass is 9.35. The van der Waals surface area contributed by atoms with E-state index in [4.69, 9.17) is 88.2 Å². The first kappa shape index (κ1) is 36.1. The van der Waals surface area contributed by atoms with Crippen LogP contribution in [0.25, 0.3) is 0 Å². The molecule has 3 aliphatic carbocycles. The van der Waals surface area contributed by atoms with Gasteiger partial charge in [0.2, 0.25) is 0 Å². The minimum atomic E-state index is -1.13. The van der Waals surface area contributed by atoms with Crippen molar-refractivity contribution in [1.29, 1.82) is 0 Å². The summed E-state index contributed by atoms with van der Waals surface area (Å²) in [5.74, 6) is -1.24. The third-order valence-electron chi connectivity index (χ3n) is 11.0. The SMILES string of the molecule is CC(=O)O[C@@H]1C[C@H]2C(C)(C)C(=O)C=C[C@]2(C)[C@H]2C[C@@H](O)[C@@]3(C)[C@H](c4ccoc4)OC(=O)[C@H]4O[C@]43[C@@]21C.ClC(Cl)Cl.ClC(Cl)Cl. The maximum absolute atomic E-state index is 13.3. The Balaban J connectivity index is 0.000000496. The van der Waals surface area contributed by atoms with Crippen molar-refractivity contribution in [2.75, 3.05) is 0 Å². The Morgan fingerprint density at radius 3 is 2.07 bits per heavy atom. The van der Waals surface area contributed by atoms with Crippen molar-refractivity contribution in [3.63, 3.8) is 0 Å². The maximum Gasteiger partial charge on any atom is 0.339 e. The number of halogens is 6. The fraction of sp³-hybridized carbons (Fsp3) is 0.700. The van der Waals surface area contributed by atoms with Crippen LogP contribution in [-0.2, 0) is 28.6 Å². The highest BCUT2D eigenvalue weighted by atomic mass is 35.6. The van der Waals surface area contributed by atoms with Crippen molar-refractivity contribution in [2.24, 2.45) is 33.5 Å². The molecule has 1 aromatic heterocycles. The van der Waals surface area contributed by atoms with Crippen LogP contribution in [0.4, 0.5) is 0 Å². The van der Waals surface area contributed by atoms with E-state index in [0.29, 0.717) is 18.4 Å². The van der Waals surface area contributed by atoms with Gasteiger partial charge in [0.1, 0.15) is 17.8 Å². The molecule has 6 rings (SSSR count). The molecule has 5 aliphatic rings. The largest absolute Gasteiger partial charge is 0.472 e. The molecule has 246 valence electrons. The van der Waals surface area contributed by atoms with Crippen molar-refractivity contribution in [3.8, 4) is 0 Å². The number of allylic oxidation sites excluding steroid dienone is 2. The Bertz CT molecular complexity index is 1290. The number of carbonyl (C=O) groups excluding carboxylic acids is 3. The van der Waals surface area contributed by atoms with Gasteiger partial charge in [0, 0.05) is 23.3 Å². The normalized spacial score (nSPS) is 42.7. The van der Waals surface area contributed by atoms with Crippen LogP contribution < -0.4 is 0 Å². The topological polar surface area (TPSA) is 116 Å². The molecule has 3 heterocycles. The van der Waals surface area contributed by atoms with Gasteiger partial charge in [0.05, 0.1) is 24.0 Å². The molecular weight excluding hydrogens is 701 g/mol. The molecule has 1 N–H and O–H groups in total. The number of cyclic esters (lactones) is 1. The number of aliphatic hydroxyl groups is 1. The quantitative estimate of drug-likeness (QED) is 0.189. The van der Waals surface area contributed by atoms with Crippen molar-refractivity contribution in [2.45, 2.75) is 93.0 Å². The Labute approximate surface area is 286 Å². The van der Waals surface area contributed by atoms with E-state index in [0.717, 1.165) is 0 Å². The van der Waals surface area contributed by atoms with Gasteiger partial charge in [0.25, 0.3) is 0 Å². The highest BCUT2D eigenvalue weighted by Gasteiger charge is 2.90. The van der Waals surface area contributed by atoms with Crippen LogP contribution >= 0.6 is 69.6 Å². The molecule has 0 amide bonds. The maximum atomic E-state index is 13.3. The van der Waals surface area contributed by atoms with Crippen LogP contribution in [0, 0.1) is 33.5 Å². The Morgan fingerprint density at radius 1 is 0.955 bits per heavy atom. The number of hydrogen-bond donors (Lipinski definition) is 1. The zero-order valence-corrected chi connectivity index (χ0v) is 29.5. The minimum Gasteiger partial charge on any atom is -0.472 e. The van der Waals surface area contributed by atoms with Gasteiger partial charge in [-0.3, -0.25) is 9.59 Å². The molecule has 2 saturated carbocycles. The second-order valence-electron chi connectivity index (χ2n) is 13.1. The fourth-order valence-corrected chi connectivity index (χ4v) is 9.13. The third-order valence-corrected chi connectivity index (χ3v) is 11.0. The lowest BCUT2D eigenvalue weighted by Gasteiger charge is -2.69. The van der Waals surface area contributed by atoms with E-state index in [2.05, 4.69) is 6.92 Å². The number of ether oxygens (including phenoxy) is 3. The first-order valence-corrected chi connectivity index (χ1v) is 16.7. The predicted octanol–water partition coefficient (Wildman–Crippen LogP) is 7.50. The van der Waals surface area contributed by atoms with Crippen LogP contribution in [0.5, 0.6) is 0 Å². The second kappa shape index (κ2) is 12.4. The van der Waals surface area contributed by atoms with Gasteiger partial charge in [-0.05, 0) is 42.2 Å². The lowest BCUT2D eigenvalue weighted by molar-refractivity contribution is -0.277. The van der Waals surface area contributed by atoms with Crippen molar-refractivity contribution < 1.29 is 38.1 Å². The molecule has 44 heavy (non-hydrogen) atoms. The van der Waals surface area contributed by atoms with Gasteiger partial charge >= 0.3 is 11.9 Å². The summed E-state index contributed by atoms with van der Waals surface area (Å²) >= 11 is 28.8. The average Bonchev–Trinajstić information content (AvgIpc) is 3.46. The Kier molecular flexibility index (Phi) is 10.2. The molecule has 2 aliphatic heterocycles. The number of hydrogen-bond acceptors (Lipinski definition) is 8. The van der Waals surface area contributed by atoms with E-state index in [1.807, 2.05) is 33.8 Å². The Morgan fingerprint density at radius 2 is 1.55 bits per heavy atom. The second-order valence-corrected chi connectivity index (χ2v) is 17.1. The molecule has 0 unspecified atom stereocenters.